The number of carbonyl (C=O) groups is 2. The van der Waals surface area contributed by atoms with Crippen molar-refractivity contribution in [1.29, 1.82) is 0 Å². The Kier molecular flexibility index (Phi) is 7.00. The highest BCUT2D eigenvalue weighted by Crippen LogP contribution is 2.48. The minimum absolute atomic E-state index is 0.00134. The first-order valence-corrected chi connectivity index (χ1v) is 11.1. The lowest BCUT2D eigenvalue weighted by Crippen LogP contribution is -2.46. The molecule has 0 aromatic heterocycles. The van der Waals surface area contributed by atoms with Gasteiger partial charge in [-0.3, -0.25) is 4.79 Å². The van der Waals surface area contributed by atoms with Crippen molar-refractivity contribution < 1.29 is 19.1 Å². The Hall–Kier alpha value is -1.58. The molecule has 0 amide bonds. The second kappa shape index (κ2) is 9.28. The van der Waals surface area contributed by atoms with E-state index in [0.29, 0.717) is 29.6 Å². The number of carbonyl (C=O) groups excluding carboxylic acids is 2. The predicted molar refractivity (Wildman–Crippen MR) is 109 cm³/mol. The molecular weight excluding hydrogens is 352 g/mol. The van der Waals surface area contributed by atoms with Gasteiger partial charge in [0, 0.05) is 18.4 Å². The van der Waals surface area contributed by atoms with E-state index in [9.17, 15) is 9.59 Å². The van der Waals surface area contributed by atoms with Crippen LogP contribution in [0.3, 0.4) is 0 Å². The summed E-state index contributed by atoms with van der Waals surface area (Å²) in [5.41, 5.74) is 0. The molecule has 1 fully saturated rings. The van der Waals surface area contributed by atoms with Gasteiger partial charge in [0.1, 0.15) is 12.2 Å². The van der Waals surface area contributed by atoms with Gasteiger partial charge in [-0.05, 0) is 55.8 Å². The standard InChI is InChI=1S/C24H36O4/c1-5-16(3)24(26)28-21-14-15(2)13-18-10-9-17(4)20(23(18)21)12-11-19-7-6-8-22(25)27-19/h6,8-10,15-21,23H,5,7,11-14H2,1-4H3/t15-,16+,17-,18+,19-,20-,21-,23-/m0/s1. The van der Waals surface area contributed by atoms with Gasteiger partial charge in [0.2, 0.25) is 0 Å². The Morgan fingerprint density at radius 2 is 2.04 bits per heavy atom. The van der Waals surface area contributed by atoms with Gasteiger partial charge in [-0.1, -0.05) is 45.9 Å². The summed E-state index contributed by atoms with van der Waals surface area (Å²) < 4.78 is 11.6. The molecule has 8 atom stereocenters. The van der Waals surface area contributed by atoms with Gasteiger partial charge in [0.05, 0.1) is 5.92 Å². The van der Waals surface area contributed by atoms with Crippen molar-refractivity contribution in [2.24, 2.45) is 35.5 Å². The fraction of sp³-hybridized carbons (Fsp3) is 0.750. The molecule has 1 saturated carbocycles. The number of hydrogen-bond acceptors (Lipinski definition) is 4. The molecule has 28 heavy (non-hydrogen) atoms. The third-order valence-electron chi connectivity index (χ3n) is 7.10. The molecular formula is C24H36O4. The molecule has 156 valence electrons. The number of rotatable bonds is 6. The molecule has 4 heteroatoms. The normalized spacial score (nSPS) is 38.4. The Labute approximate surface area is 169 Å². The number of ether oxygens (including phenoxy) is 2. The van der Waals surface area contributed by atoms with Crippen LogP contribution in [0.25, 0.3) is 0 Å². The van der Waals surface area contributed by atoms with E-state index in [1.807, 2.05) is 19.9 Å². The lowest BCUT2D eigenvalue weighted by molar-refractivity contribution is -0.164. The summed E-state index contributed by atoms with van der Waals surface area (Å²) in [5, 5.41) is 0. The van der Waals surface area contributed by atoms with Crippen LogP contribution in [0.2, 0.25) is 0 Å². The molecule has 0 bridgehead atoms. The number of esters is 2. The van der Waals surface area contributed by atoms with Crippen molar-refractivity contribution in [3.05, 3.63) is 24.3 Å². The summed E-state index contributed by atoms with van der Waals surface area (Å²) in [6, 6.07) is 0. The summed E-state index contributed by atoms with van der Waals surface area (Å²) >= 11 is 0. The zero-order valence-corrected chi connectivity index (χ0v) is 17.8. The monoisotopic (exact) mass is 388 g/mol. The van der Waals surface area contributed by atoms with Crippen molar-refractivity contribution in [3.63, 3.8) is 0 Å². The molecule has 0 saturated heterocycles. The molecule has 2 aliphatic carbocycles. The predicted octanol–water partition coefficient (Wildman–Crippen LogP) is 5.08. The summed E-state index contributed by atoms with van der Waals surface area (Å²) in [6.07, 6.45) is 13.8. The maximum absolute atomic E-state index is 12.5. The quantitative estimate of drug-likeness (QED) is 0.470. The van der Waals surface area contributed by atoms with Gasteiger partial charge in [0.15, 0.2) is 0 Å². The third kappa shape index (κ3) is 4.87. The van der Waals surface area contributed by atoms with Crippen LogP contribution >= 0.6 is 0 Å². The first kappa shape index (κ1) is 21.1. The highest BCUT2D eigenvalue weighted by Gasteiger charge is 2.45. The SMILES string of the molecule is CC[C@@H](C)C(=O)O[C@H]1C[C@@H](C)C[C@H]2C=C[C@H](C)[C@H](CC[C@@H]3CC=CC(=O)O3)[C@H]21. The zero-order chi connectivity index (χ0) is 20.3. The van der Waals surface area contributed by atoms with Gasteiger partial charge in [-0.2, -0.15) is 0 Å². The van der Waals surface area contributed by atoms with E-state index in [1.165, 1.54) is 12.5 Å². The van der Waals surface area contributed by atoms with Gasteiger partial charge >= 0.3 is 11.9 Å². The molecule has 0 spiro atoms. The Morgan fingerprint density at radius 1 is 1.25 bits per heavy atom. The van der Waals surface area contributed by atoms with Crippen molar-refractivity contribution in [2.45, 2.75) is 78.4 Å². The molecule has 3 aliphatic rings. The van der Waals surface area contributed by atoms with Crippen LogP contribution in [-0.4, -0.2) is 24.1 Å². The van der Waals surface area contributed by atoms with E-state index >= 15 is 0 Å². The van der Waals surface area contributed by atoms with E-state index in [2.05, 4.69) is 26.0 Å². The van der Waals surface area contributed by atoms with Crippen molar-refractivity contribution in [1.82, 2.24) is 0 Å². The van der Waals surface area contributed by atoms with E-state index < -0.39 is 0 Å². The highest BCUT2D eigenvalue weighted by atomic mass is 16.5. The fourth-order valence-electron chi connectivity index (χ4n) is 5.30. The van der Waals surface area contributed by atoms with Crippen LogP contribution in [0.15, 0.2) is 24.3 Å². The fourth-order valence-corrected chi connectivity index (χ4v) is 5.30. The molecule has 1 heterocycles. The van der Waals surface area contributed by atoms with Gasteiger partial charge in [-0.25, -0.2) is 4.79 Å². The second-order valence-corrected chi connectivity index (χ2v) is 9.28. The molecule has 0 aromatic carbocycles. The maximum atomic E-state index is 12.5. The molecule has 0 unspecified atom stereocenters. The highest BCUT2D eigenvalue weighted by molar-refractivity contribution is 5.82. The minimum Gasteiger partial charge on any atom is -0.462 e. The third-order valence-corrected chi connectivity index (χ3v) is 7.10. The maximum Gasteiger partial charge on any atom is 0.330 e. The average Bonchev–Trinajstić information content (AvgIpc) is 2.66. The minimum atomic E-state index is -0.224. The Balaban J connectivity index is 1.72. The first-order valence-electron chi connectivity index (χ1n) is 11.1. The number of fused-ring (bicyclic) bond motifs is 1. The number of allylic oxidation sites excluding steroid dienone is 2. The molecule has 0 aromatic rings. The van der Waals surface area contributed by atoms with Crippen molar-refractivity contribution in [3.8, 4) is 0 Å². The summed E-state index contributed by atoms with van der Waals surface area (Å²) in [6.45, 7) is 8.54. The molecule has 4 nitrogen and oxygen atoms in total. The number of cyclic esters (lactones) is 1. The molecule has 0 N–H and O–H groups in total. The Bertz CT molecular complexity index is 622. The lowest BCUT2D eigenvalue weighted by Gasteiger charge is -2.47. The van der Waals surface area contributed by atoms with E-state index in [1.54, 1.807) is 0 Å². The molecule has 0 radical (unpaired) electrons. The van der Waals surface area contributed by atoms with Crippen molar-refractivity contribution in [2.75, 3.05) is 0 Å². The summed E-state index contributed by atoms with van der Waals surface area (Å²) in [4.78, 5) is 24.1. The zero-order valence-electron chi connectivity index (χ0n) is 17.8. The van der Waals surface area contributed by atoms with Crippen LogP contribution in [0.1, 0.15) is 66.2 Å². The molecule has 3 rings (SSSR count). The Morgan fingerprint density at radius 3 is 2.75 bits per heavy atom. The van der Waals surface area contributed by atoms with Gasteiger partial charge in [0.25, 0.3) is 0 Å². The smallest absolute Gasteiger partial charge is 0.330 e. The van der Waals surface area contributed by atoms with E-state index in [-0.39, 0.29) is 30.1 Å². The van der Waals surface area contributed by atoms with Gasteiger partial charge < -0.3 is 9.47 Å². The lowest BCUT2D eigenvalue weighted by atomic mass is 9.60. The largest absolute Gasteiger partial charge is 0.462 e. The van der Waals surface area contributed by atoms with Crippen LogP contribution < -0.4 is 0 Å². The average molecular weight is 389 g/mol. The van der Waals surface area contributed by atoms with Gasteiger partial charge in [-0.15, -0.1) is 0 Å². The summed E-state index contributed by atoms with van der Waals surface area (Å²) in [5.74, 6) is 2.02. The van der Waals surface area contributed by atoms with Crippen LogP contribution in [0.4, 0.5) is 0 Å². The van der Waals surface area contributed by atoms with E-state index in [4.69, 9.17) is 9.47 Å². The topological polar surface area (TPSA) is 52.6 Å². The van der Waals surface area contributed by atoms with Crippen LogP contribution in [0, 0.1) is 35.5 Å². The first-order chi connectivity index (χ1) is 13.4. The molecule has 1 aliphatic heterocycles. The van der Waals surface area contributed by atoms with E-state index in [0.717, 1.165) is 32.1 Å². The number of hydrogen-bond donors (Lipinski definition) is 0. The summed E-state index contributed by atoms with van der Waals surface area (Å²) in [7, 11) is 0. The van der Waals surface area contributed by atoms with Crippen LogP contribution in [0.5, 0.6) is 0 Å². The van der Waals surface area contributed by atoms with Crippen LogP contribution in [-0.2, 0) is 19.1 Å². The second-order valence-electron chi connectivity index (χ2n) is 9.28. The van der Waals surface area contributed by atoms with Crippen molar-refractivity contribution >= 4 is 11.9 Å².